The molecule has 1 fully saturated rings. The Hall–Kier alpha value is -1.09. The van der Waals surface area contributed by atoms with Crippen molar-refractivity contribution < 1.29 is 13.0 Å². The molecule has 0 saturated carbocycles. The van der Waals surface area contributed by atoms with Gasteiger partial charge in [-0.1, -0.05) is 26.7 Å². The minimum absolute atomic E-state index is 0.118. The molecule has 0 amide bonds. The third-order valence-corrected chi connectivity index (χ3v) is 5.34. The maximum atomic E-state index is 11.9. The molecule has 1 aliphatic rings. The van der Waals surface area contributed by atoms with Crippen LogP contribution in [0.2, 0.25) is 0 Å². The largest absolute Gasteiger partial charge is 0.337 e. The molecule has 0 spiro atoms. The average Bonchev–Trinajstić information content (AvgIpc) is 2.84. The van der Waals surface area contributed by atoms with Crippen LogP contribution in [0, 0.1) is 6.92 Å². The van der Waals surface area contributed by atoms with Crippen LogP contribution in [0.1, 0.15) is 57.0 Å². The van der Waals surface area contributed by atoms with Gasteiger partial charge in [0.2, 0.25) is 0 Å². The Labute approximate surface area is 138 Å². The van der Waals surface area contributed by atoms with Gasteiger partial charge in [0.15, 0.2) is 0 Å². The molecule has 0 aliphatic carbocycles. The number of hydrogen-bond acceptors (Lipinski definition) is 5. The first-order valence-electron chi connectivity index (χ1n) is 8.17. The first kappa shape index (κ1) is 18.3. The maximum Gasteiger partial charge on any atom is 0.337 e. The summed E-state index contributed by atoms with van der Waals surface area (Å²) in [6, 6.07) is 1.50. The summed E-state index contributed by atoms with van der Waals surface area (Å²) in [7, 11) is -4.29. The fourth-order valence-electron chi connectivity index (χ4n) is 3.32. The Morgan fingerprint density at radius 2 is 2.17 bits per heavy atom. The Balaban J connectivity index is 2.39. The fraction of sp³-hybridized carbons (Fsp3) is 0.733. The molecule has 7 nitrogen and oxygen atoms in total. The van der Waals surface area contributed by atoms with Gasteiger partial charge in [-0.2, -0.15) is 12.7 Å². The summed E-state index contributed by atoms with van der Waals surface area (Å²) in [4.78, 5) is 8.83. The summed E-state index contributed by atoms with van der Waals surface area (Å²) in [5, 5.41) is 3.15. The standard InChI is InChI=1S/C15H26N4O3S/c1-4-6-7-13-12(15-17-9-8-11(3)18-15)10-14(16-5-2)19(13)23(20,21)22/h8-9,12-14,16H,4-7,10H2,1-3H3,(H,20,21,22). The second kappa shape index (κ2) is 7.65. The molecule has 0 aromatic carbocycles. The van der Waals surface area contributed by atoms with Crippen molar-refractivity contribution in [3.05, 3.63) is 23.8 Å². The second-order valence-corrected chi connectivity index (χ2v) is 7.31. The highest BCUT2D eigenvalue weighted by atomic mass is 32.2. The molecule has 2 N–H and O–H groups in total. The van der Waals surface area contributed by atoms with E-state index in [0.717, 1.165) is 18.5 Å². The van der Waals surface area contributed by atoms with E-state index in [4.69, 9.17) is 0 Å². The highest BCUT2D eigenvalue weighted by Crippen LogP contribution is 2.39. The van der Waals surface area contributed by atoms with Gasteiger partial charge in [0.25, 0.3) is 0 Å². The van der Waals surface area contributed by atoms with E-state index in [2.05, 4.69) is 22.2 Å². The zero-order valence-electron chi connectivity index (χ0n) is 13.9. The number of rotatable bonds is 7. The van der Waals surface area contributed by atoms with Crippen molar-refractivity contribution in [2.75, 3.05) is 6.54 Å². The number of hydrogen-bond donors (Lipinski definition) is 2. The van der Waals surface area contributed by atoms with E-state index in [1.54, 1.807) is 6.20 Å². The van der Waals surface area contributed by atoms with Crippen LogP contribution in [-0.4, -0.2) is 46.0 Å². The zero-order valence-corrected chi connectivity index (χ0v) is 14.8. The first-order chi connectivity index (χ1) is 10.9. The zero-order chi connectivity index (χ0) is 17.0. The van der Waals surface area contributed by atoms with Crippen LogP contribution >= 0.6 is 0 Å². The molecule has 1 aromatic rings. The van der Waals surface area contributed by atoms with E-state index in [0.29, 0.717) is 25.2 Å². The smallest absolute Gasteiger partial charge is 0.301 e. The van der Waals surface area contributed by atoms with Gasteiger partial charge in [-0.05, 0) is 32.4 Å². The average molecular weight is 342 g/mol. The van der Waals surface area contributed by atoms with E-state index in [1.165, 1.54) is 4.31 Å². The Morgan fingerprint density at radius 1 is 1.43 bits per heavy atom. The number of aryl methyl sites for hydroxylation is 1. The van der Waals surface area contributed by atoms with Crippen molar-refractivity contribution >= 4 is 10.3 Å². The summed E-state index contributed by atoms with van der Waals surface area (Å²) in [5.74, 6) is 0.535. The number of nitrogens with zero attached hydrogens (tertiary/aromatic N) is 3. The van der Waals surface area contributed by atoms with Crippen LogP contribution in [-0.2, 0) is 10.3 Å². The molecule has 1 aromatic heterocycles. The Bertz CT molecular complexity index is 623. The van der Waals surface area contributed by atoms with Crippen molar-refractivity contribution in [3.63, 3.8) is 0 Å². The van der Waals surface area contributed by atoms with Crippen LogP contribution in [0.4, 0.5) is 0 Å². The quantitative estimate of drug-likeness (QED) is 0.735. The molecule has 0 radical (unpaired) electrons. The van der Waals surface area contributed by atoms with Crippen molar-refractivity contribution in [1.29, 1.82) is 0 Å². The summed E-state index contributed by atoms with van der Waals surface area (Å²) >= 11 is 0. The van der Waals surface area contributed by atoms with Crippen LogP contribution in [0.3, 0.4) is 0 Å². The van der Waals surface area contributed by atoms with E-state index < -0.39 is 16.5 Å². The van der Waals surface area contributed by atoms with E-state index in [-0.39, 0.29) is 12.0 Å². The molecule has 3 atom stereocenters. The van der Waals surface area contributed by atoms with E-state index in [1.807, 2.05) is 19.9 Å². The molecule has 1 aliphatic heterocycles. The van der Waals surface area contributed by atoms with Gasteiger partial charge in [-0.15, -0.1) is 0 Å². The predicted molar refractivity (Wildman–Crippen MR) is 88.3 cm³/mol. The predicted octanol–water partition coefficient (Wildman–Crippen LogP) is 1.87. The van der Waals surface area contributed by atoms with Crippen LogP contribution < -0.4 is 5.32 Å². The second-order valence-electron chi connectivity index (χ2n) is 5.99. The number of unbranched alkanes of at least 4 members (excludes halogenated alkanes) is 1. The monoisotopic (exact) mass is 342 g/mol. The van der Waals surface area contributed by atoms with Gasteiger partial charge < -0.3 is 5.32 Å². The minimum Gasteiger partial charge on any atom is -0.301 e. The Kier molecular flexibility index (Phi) is 6.07. The molecule has 130 valence electrons. The third kappa shape index (κ3) is 4.26. The molecule has 2 heterocycles. The van der Waals surface area contributed by atoms with Crippen LogP contribution in [0.5, 0.6) is 0 Å². The van der Waals surface area contributed by atoms with Crippen molar-refractivity contribution in [2.24, 2.45) is 0 Å². The lowest BCUT2D eigenvalue weighted by molar-refractivity contribution is 0.243. The van der Waals surface area contributed by atoms with Crippen molar-refractivity contribution in [3.8, 4) is 0 Å². The van der Waals surface area contributed by atoms with Crippen LogP contribution in [0.25, 0.3) is 0 Å². The fourth-order valence-corrected chi connectivity index (χ4v) is 4.39. The normalized spacial score (nSPS) is 25.8. The summed E-state index contributed by atoms with van der Waals surface area (Å²) in [6.45, 7) is 6.49. The lowest BCUT2D eigenvalue weighted by atomic mass is 9.95. The van der Waals surface area contributed by atoms with Gasteiger partial charge in [0, 0.05) is 23.9 Å². The van der Waals surface area contributed by atoms with Gasteiger partial charge >= 0.3 is 10.3 Å². The topological polar surface area (TPSA) is 95.4 Å². The number of nitrogens with one attached hydrogen (secondary N) is 1. The third-order valence-electron chi connectivity index (χ3n) is 4.28. The minimum atomic E-state index is -4.29. The highest BCUT2D eigenvalue weighted by molar-refractivity contribution is 7.83. The first-order valence-corrected chi connectivity index (χ1v) is 9.57. The molecule has 1 saturated heterocycles. The van der Waals surface area contributed by atoms with Gasteiger partial charge in [0.05, 0.1) is 6.17 Å². The maximum absolute atomic E-state index is 11.9. The van der Waals surface area contributed by atoms with Gasteiger partial charge in [0.1, 0.15) is 5.82 Å². The summed E-state index contributed by atoms with van der Waals surface area (Å²) < 4.78 is 34.8. The van der Waals surface area contributed by atoms with Crippen molar-refractivity contribution in [2.45, 2.75) is 64.6 Å². The van der Waals surface area contributed by atoms with Crippen molar-refractivity contribution in [1.82, 2.24) is 19.6 Å². The van der Waals surface area contributed by atoms with Crippen LogP contribution in [0.15, 0.2) is 12.3 Å². The summed E-state index contributed by atoms with van der Waals surface area (Å²) in [5.41, 5.74) is 0.856. The number of aromatic nitrogens is 2. The molecule has 2 rings (SSSR count). The summed E-state index contributed by atoms with van der Waals surface area (Å²) in [6.07, 6.45) is 4.37. The highest BCUT2D eigenvalue weighted by Gasteiger charge is 2.47. The Morgan fingerprint density at radius 3 is 2.74 bits per heavy atom. The van der Waals surface area contributed by atoms with Gasteiger partial charge in [-0.3, -0.25) is 4.55 Å². The molecule has 3 unspecified atom stereocenters. The SMILES string of the molecule is CCCCC1C(c2nccc(C)n2)CC(NCC)N1S(=O)(=O)O. The van der Waals surface area contributed by atoms with E-state index >= 15 is 0 Å². The lowest BCUT2D eigenvalue weighted by Gasteiger charge is -2.28. The molecule has 8 heteroatoms. The van der Waals surface area contributed by atoms with Gasteiger partial charge in [-0.25, -0.2) is 9.97 Å². The molecular weight excluding hydrogens is 316 g/mol. The lowest BCUT2D eigenvalue weighted by Crippen LogP contribution is -2.48. The molecular formula is C15H26N4O3S. The van der Waals surface area contributed by atoms with E-state index in [9.17, 15) is 13.0 Å². The molecule has 23 heavy (non-hydrogen) atoms. The molecule has 0 bridgehead atoms.